The largest absolute Gasteiger partial charge is 0.303 e. The molecule has 0 spiro atoms. The van der Waals surface area contributed by atoms with Gasteiger partial charge in [0.05, 0.1) is 0 Å². The number of hydrogen-bond acceptors (Lipinski definition) is 13. The van der Waals surface area contributed by atoms with Gasteiger partial charge in [0, 0.05) is 163 Å². The summed E-state index contributed by atoms with van der Waals surface area (Å²) >= 11 is 0. The summed E-state index contributed by atoms with van der Waals surface area (Å²) in [6.45, 7) is 27.6. The van der Waals surface area contributed by atoms with E-state index in [-0.39, 0.29) is 0 Å². The van der Waals surface area contributed by atoms with E-state index in [1.807, 2.05) is 41.5 Å². The molecule has 13 nitrogen and oxygen atoms in total. The van der Waals surface area contributed by atoms with E-state index >= 15 is 0 Å². The van der Waals surface area contributed by atoms with Gasteiger partial charge in [0.15, 0.2) is 0 Å². The van der Waals surface area contributed by atoms with Crippen LogP contribution in [0.4, 0.5) is 0 Å². The van der Waals surface area contributed by atoms with Gasteiger partial charge >= 0.3 is 0 Å². The van der Waals surface area contributed by atoms with Crippen LogP contribution in [0.3, 0.4) is 0 Å². The predicted molar refractivity (Wildman–Crippen MR) is 346 cm³/mol. The highest BCUT2D eigenvalue weighted by Crippen LogP contribution is 2.37. The molecular formula is C67H137N13. The molecule has 2 aliphatic carbocycles. The second-order valence-corrected chi connectivity index (χ2v) is 28.5. The van der Waals surface area contributed by atoms with Crippen LogP contribution in [-0.2, 0) is 0 Å². The summed E-state index contributed by atoms with van der Waals surface area (Å²) in [5.74, 6) is 2.13. The molecule has 17 heterocycles. The van der Waals surface area contributed by atoms with Gasteiger partial charge in [-0.3, -0.25) is 14.7 Å². The summed E-state index contributed by atoms with van der Waals surface area (Å²) in [6, 6.07) is 12.5. The molecule has 470 valence electrons. The number of likely N-dealkylation sites (N-methyl/N-ethyl adjacent to an activating group) is 10. The summed E-state index contributed by atoms with van der Waals surface area (Å²) in [6.07, 6.45) is 29.2. The molecule has 0 aromatic heterocycles. The Bertz CT molecular complexity index is 1540. The van der Waals surface area contributed by atoms with Gasteiger partial charge in [0.1, 0.15) is 0 Å². The van der Waals surface area contributed by atoms with E-state index in [4.69, 9.17) is 0 Å². The number of fused-ring (bicyclic) bond motifs is 18. The lowest BCUT2D eigenvalue weighted by molar-refractivity contribution is -0.0408. The van der Waals surface area contributed by atoms with E-state index in [2.05, 4.69) is 155 Å². The minimum atomic E-state index is 0.856. The zero-order chi connectivity index (χ0) is 58.4. The van der Waals surface area contributed by atoms with Crippen molar-refractivity contribution in [1.82, 2.24) is 63.7 Å². The molecule has 14 unspecified atom stereocenters. The third-order valence-corrected chi connectivity index (χ3v) is 23.4. The Balaban J connectivity index is 0.000000146. The van der Waals surface area contributed by atoms with Crippen molar-refractivity contribution in [2.45, 2.75) is 255 Å². The molecule has 0 radical (unpaired) electrons. The molecule has 2 saturated carbocycles. The van der Waals surface area contributed by atoms with Crippen LogP contribution in [0.1, 0.15) is 170 Å². The first-order chi connectivity index (χ1) is 38.5. The molecule has 17 saturated heterocycles. The summed E-state index contributed by atoms with van der Waals surface area (Å²) in [5.41, 5.74) is 0. The Morgan fingerprint density at radius 1 is 0.188 bits per heavy atom. The van der Waals surface area contributed by atoms with Crippen LogP contribution < -0.4 is 0 Å². The van der Waals surface area contributed by atoms with Gasteiger partial charge in [-0.25, -0.2) is 0 Å². The number of hydrogen-bond donors (Lipinski definition) is 0. The summed E-state index contributed by atoms with van der Waals surface area (Å²) < 4.78 is 0. The molecule has 80 heavy (non-hydrogen) atoms. The van der Waals surface area contributed by atoms with Gasteiger partial charge in [0.25, 0.3) is 0 Å². The van der Waals surface area contributed by atoms with Gasteiger partial charge in [-0.15, -0.1) is 0 Å². The van der Waals surface area contributed by atoms with Gasteiger partial charge < -0.3 is 49.0 Å². The molecule has 0 N–H and O–H groups in total. The Morgan fingerprint density at radius 2 is 0.450 bits per heavy atom. The third kappa shape index (κ3) is 18.5. The highest BCUT2D eigenvalue weighted by molar-refractivity contribution is 4.99. The van der Waals surface area contributed by atoms with Crippen LogP contribution >= 0.6 is 0 Å². The maximum atomic E-state index is 2.59. The van der Waals surface area contributed by atoms with Crippen molar-refractivity contribution in [1.29, 1.82) is 0 Å². The Hall–Kier alpha value is -0.520. The van der Waals surface area contributed by atoms with Crippen molar-refractivity contribution in [2.24, 2.45) is 11.8 Å². The quantitative estimate of drug-likeness (QED) is 0.233. The maximum Gasteiger partial charge on any atom is 0.0238 e. The van der Waals surface area contributed by atoms with Crippen molar-refractivity contribution in [2.75, 3.05) is 170 Å². The maximum absolute atomic E-state index is 2.59. The minimum Gasteiger partial charge on any atom is -0.303 e. The Kier molecular flexibility index (Phi) is 28.8. The van der Waals surface area contributed by atoms with Crippen LogP contribution in [0.2, 0.25) is 0 Å². The molecular weight excluding hydrogens is 987 g/mol. The predicted octanol–water partition coefficient (Wildman–Crippen LogP) is 8.50. The van der Waals surface area contributed by atoms with Crippen LogP contribution in [0.15, 0.2) is 0 Å². The van der Waals surface area contributed by atoms with Gasteiger partial charge in [-0.05, 0) is 225 Å². The normalized spacial score (nSPS) is 40.7. The Morgan fingerprint density at radius 3 is 0.688 bits per heavy atom. The lowest BCUT2D eigenvalue weighted by Gasteiger charge is -2.54. The molecule has 13 heteroatoms. The fourth-order valence-corrected chi connectivity index (χ4v) is 17.8. The SMILES string of the molecule is CC.CC.CC.CN1C2CCCC1CC2.CN1CC2CC(C1)N2C.CN1CC2CC1CN2C.CN1CC2CCC(C1)N2C.CN1CC2CCC(C1)N2C.CN1CC2CCC1C2.CN1CC2CCC1CC2.CN1CC2CCC1CN2C. The topological polar surface area (TPSA) is 42.1 Å². The van der Waals surface area contributed by atoms with E-state index in [1.54, 1.807) is 0 Å². The fraction of sp³-hybridized carbons (Fsp3) is 1.00. The van der Waals surface area contributed by atoms with Crippen molar-refractivity contribution >= 4 is 0 Å². The molecule has 0 amide bonds. The standard InChI is InChI=1S/3C8H16N2.2C8H15N.2C7H14N2.C7H13N.3C2H6/c1-9-5-8-4-3-7(9)6-10(8)2;2*1-9-5-7-3-4-8(6-9)10(7)2;1-9-6-7-2-4-8(9)5-3-7;1-9-7-3-2-4-8(9)6-5-7;1-8-4-7-3-6(8)5-9(7)2;1-8-4-6-3-7(5-8)9(6)2;1-8-5-6-2-3-7(8)4-6;3*1-2/h3*7-8H,3-6H2,1-2H3;2*7-8H,2-6H2,1H3;2*6-7H,3-5H2,1-2H3;6-7H,2-5H2,1H3;3*1-2H3. The molecule has 14 atom stereocenters. The molecule has 19 rings (SSSR count). The van der Waals surface area contributed by atoms with Crippen molar-refractivity contribution in [3.05, 3.63) is 0 Å². The van der Waals surface area contributed by atoms with Crippen LogP contribution in [0.5, 0.6) is 0 Å². The second kappa shape index (κ2) is 33.6. The minimum absolute atomic E-state index is 0.856. The molecule has 16 bridgehead atoms. The van der Waals surface area contributed by atoms with Crippen molar-refractivity contribution in [3.8, 4) is 0 Å². The van der Waals surface area contributed by atoms with Crippen LogP contribution in [-0.4, -0.2) is 318 Å². The second-order valence-electron chi connectivity index (χ2n) is 28.5. The van der Waals surface area contributed by atoms with Crippen molar-refractivity contribution in [3.63, 3.8) is 0 Å². The monoisotopic (exact) mass is 1120 g/mol. The molecule has 19 fully saturated rings. The summed E-state index contributed by atoms with van der Waals surface area (Å²) in [7, 11) is 29.3. The van der Waals surface area contributed by atoms with Crippen molar-refractivity contribution < 1.29 is 0 Å². The van der Waals surface area contributed by atoms with E-state index in [9.17, 15) is 0 Å². The molecule has 19 aliphatic rings. The van der Waals surface area contributed by atoms with E-state index in [0.29, 0.717) is 0 Å². The highest BCUT2D eigenvalue weighted by atomic mass is 15.3. The fourth-order valence-electron chi connectivity index (χ4n) is 17.8. The van der Waals surface area contributed by atoms with Crippen LogP contribution in [0.25, 0.3) is 0 Å². The smallest absolute Gasteiger partial charge is 0.0238 e. The molecule has 0 aromatic rings. The summed E-state index contributed by atoms with van der Waals surface area (Å²) in [4.78, 5) is 32.6. The Labute approximate surface area is 498 Å². The first-order valence-electron chi connectivity index (χ1n) is 34.6. The van der Waals surface area contributed by atoms with Gasteiger partial charge in [-0.1, -0.05) is 48.0 Å². The number of likely N-dealkylation sites (tertiary alicyclic amines) is 5. The van der Waals surface area contributed by atoms with E-state index in [0.717, 1.165) is 96.4 Å². The van der Waals surface area contributed by atoms with Crippen LogP contribution in [0, 0.1) is 11.8 Å². The van der Waals surface area contributed by atoms with Gasteiger partial charge in [-0.2, -0.15) is 0 Å². The zero-order valence-electron chi connectivity index (χ0n) is 56.7. The number of piperidine rings is 7. The average molecular weight is 1120 g/mol. The van der Waals surface area contributed by atoms with E-state index in [1.165, 1.54) is 207 Å². The summed E-state index contributed by atoms with van der Waals surface area (Å²) in [5, 5.41) is 0. The average Bonchev–Trinajstić information content (AvgIpc) is 4.39. The first kappa shape index (κ1) is 68.6. The van der Waals surface area contributed by atoms with Gasteiger partial charge in [0.2, 0.25) is 0 Å². The number of rotatable bonds is 0. The lowest BCUT2D eigenvalue weighted by atomic mass is 9.80. The van der Waals surface area contributed by atoms with E-state index < -0.39 is 0 Å². The highest BCUT2D eigenvalue weighted by Gasteiger charge is 2.42. The lowest BCUT2D eigenvalue weighted by Crippen LogP contribution is -2.66. The molecule has 17 aliphatic heterocycles. The number of piperazine rings is 5. The first-order valence-corrected chi connectivity index (χ1v) is 34.6. The third-order valence-electron chi connectivity index (χ3n) is 23.4. The molecule has 0 aromatic carbocycles. The zero-order valence-corrected chi connectivity index (χ0v) is 56.7. The number of nitrogens with zero attached hydrogens (tertiary/aromatic N) is 13.